The fourth-order valence-corrected chi connectivity index (χ4v) is 3.30. The molecule has 2 fully saturated rings. The van der Waals surface area contributed by atoms with Crippen LogP contribution in [-0.2, 0) is 19.0 Å². The van der Waals surface area contributed by atoms with Crippen LogP contribution in [0.3, 0.4) is 0 Å². The maximum atomic E-state index is 11.4. The Hall–Kier alpha value is -0.870. The molecule has 2 rings (SSSR count). The van der Waals surface area contributed by atoms with Gasteiger partial charge in [0.15, 0.2) is 0 Å². The van der Waals surface area contributed by atoms with Crippen LogP contribution in [0.4, 0.5) is 0 Å². The van der Waals surface area contributed by atoms with Crippen LogP contribution in [0.5, 0.6) is 0 Å². The fourth-order valence-electron chi connectivity index (χ4n) is 3.30. The summed E-state index contributed by atoms with van der Waals surface area (Å²) in [5, 5.41) is 0. The van der Waals surface area contributed by atoms with Crippen LogP contribution in [0.15, 0.2) is 11.6 Å². The minimum atomic E-state index is -0.122. The second-order valence-corrected chi connectivity index (χ2v) is 7.54. The van der Waals surface area contributed by atoms with E-state index in [9.17, 15) is 4.79 Å². The normalized spacial score (nSPS) is 34.8. The lowest BCUT2D eigenvalue weighted by Gasteiger charge is -2.07. The summed E-state index contributed by atoms with van der Waals surface area (Å²) in [4.78, 5) is 11.4. The number of hydrogen-bond acceptors (Lipinski definition) is 4. The number of ether oxygens (including phenoxy) is 3. The van der Waals surface area contributed by atoms with Gasteiger partial charge in [0.2, 0.25) is 0 Å². The summed E-state index contributed by atoms with van der Waals surface area (Å²) in [6, 6.07) is 0. The van der Waals surface area contributed by atoms with Gasteiger partial charge in [0.05, 0.1) is 30.0 Å². The van der Waals surface area contributed by atoms with E-state index in [1.165, 1.54) is 5.57 Å². The average molecular weight is 324 g/mol. The molecule has 132 valence electrons. The van der Waals surface area contributed by atoms with E-state index in [0.717, 1.165) is 32.1 Å². The first-order valence-corrected chi connectivity index (χ1v) is 8.94. The molecule has 2 saturated heterocycles. The molecule has 0 bridgehead atoms. The molecule has 0 aromatic carbocycles. The molecule has 2 aliphatic rings. The van der Waals surface area contributed by atoms with Gasteiger partial charge in [-0.2, -0.15) is 0 Å². The number of esters is 1. The second-order valence-electron chi connectivity index (χ2n) is 7.54. The van der Waals surface area contributed by atoms with Crippen LogP contribution >= 0.6 is 0 Å². The van der Waals surface area contributed by atoms with Crippen molar-refractivity contribution in [2.24, 2.45) is 0 Å². The van der Waals surface area contributed by atoms with Gasteiger partial charge in [-0.25, -0.2) is 0 Å². The Labute approximate surface area is 140 Å². The number of allylic oxidation sites excluding steroid dienone is 2. The zero-order valence-corrected chi connectivity index (χ0v) is 15.3. The molecule has 0 radical (unpaired) electrons. The third-order valence-corrected chi connectivity index (χ3v) is 5.08. The first-order valence-electron chi connectivity index (χ1n) is 8.94. The molecule has 4 atom stereocenters. The predicted molar refractivity (Wildman–Crippen MR) is 90.3 cm³/mol. The number of carbonyl (C=O) groups is 1. The van der Waals surface area contributed by atoms with E-state index >= 15 is 0 Å². The highest BCUT2D eigenvalue weighted by atomic mass is 16.6. The Morgan fingerprint density at radius 3 is 2.30 bits per heavy atom. The van der Waals surface area contributed by atoms with Crippen molar-refractivity contribution in [3.63, 3.8) is 0 Å². The summed E-state index contributed by atoms with van der Waals surface area (Å²) in [5.41, 5.74) is 1.35. The van der Waals surface area contributed by atoms with Crippen molar-refractivity contribution in [3.05, 3.63) is 11.6 Å². The fraction of sp³-hybridized carbons (Fsp3) is 0.842. The minimum Gasteiger partial charge on any atom is -0.466 e. The Morgan fingerprint density at radius 1 is 1.09 bits per heavy atom. The summed E-state index contributed by atoms with van der Waals surface area (Å²) < 4.78 is 16.7. The van der Waals surface area contributed by atoms with Gasteiger partial charge in [-0.15, -0.1) is 0 Å². The SMILES string of the molecule is CCOC(=O)CC[C@@H]1O[C@@]1(C)CC[C@H]1O[C@]1(C)CCC=C(C)C. The summed E-state index contributed by atoms with van der Waals surface area (Å²) in [7, 11) is 0. The highest BCUT2D eigenvalue weighted by Gasteiger charge is 2.56. The number of carbonyl (C=O) groups excluding carboxylic acids is 1. The van der Waals surface area contributed by atoms with Crippen LogP contribution in [0.1, 0.15) is 73.1 Å². The summed E-state index contributed by atoms with van der Waals surface area (Å²) in [5.74, 6) is -0.122. The quantitative estimate of drug-likeness (QED) is 0.344. The second kappa shape index (κ2) is 7.35. The molecule has 2 aliphatic heterocycles. The van der Waals surface area contributed by atoms with E-state index < -0.39 is 0 Å². The average Bonchev–Trinajstić information content (AvgIpc) is 3.31. The molecule has 0 unspecified atom stereocenters. The van der Waals surface area contributed by atoms with Crippen molar-refractivity contribution in [3.8, 4) is 0 Å². The Bertz CT molecular complexity index is 454. The Kier molecular flexibility index (Phi) is 5.90. The Balaban J connectivity index is 1.62. The van der Waals surface area contributed by atoms with Gasteiger partial charge in [0, 0.05) is 6.42 Å². The molecule has 4 nitrogen and oxygen atoms in total. The molecule has 0 aromatic rings. The van der Waals surface area contributed by atoms with Gasteiger partial charge < -0.3 is 14.2 Å². The van der Waals surface area contributed by atoms with E-state index in [4.69, 9.17) is 14.2 Å². The first-order chi connectivity index (χ1) is 10.8. The van der Waals surface area contributed by atoms with Crippen LogP contribution in [0.2, 0.25) is 0 Å². The monoisotopic (exact) mass is 324 g/mol. The van der Waals surface area contributed by atoms with Crippen LogP contribution in [-0.4, -0.2) is 36.0 Å². The maximum absolute atomic E-state index is 11.4. The lowest BCUT2D eigenvalue weighted by atomic mass is 9.92. The molecular formula is C19H32O4. The Morgan fingerprint density at radius 2 is 1.70 bits per heavy atom. The molecule has 4 heteroatoms. The standard InChI is InChI=1S/C19H32O4/c1-6-21-17(20)10-9-15-19(5,22-15)13-11-16-18(4,23-16)12-7-8-14(2)3/h8,15-16H,6-7,9-13H2,1-5H3/t15-,16+,18+,19-/m0/s1. The topological polar surface area (TPSA) is 51.4 Å². The highest BCUT2D eigenvalue weighted by Crippen LogP contribution is 2.48. The van der Waals surface area contributed by atoms with Crippen molar-refractivity contribution >= 4 is 5.97 Å². The lowest BCUT2D eigenvalue weighted by molar-refractivity contribution is -0.143. The number of hydrogen-bond donors (Lipinski definition) is 0. The zero-order chi connectivity index (χ0) is 17.1. The van der Waals surface area contributed by atoms with E-state index in [2.05, 4.69) is 33.8 Å². The van der Waals surface area contributed by atoms with E-state index in [1.807, 2.05) is 6.92 Å². The van der Waals surface area contributed by atoms with Gasteiger partial charge in [-0.05, 0) is 66.7 Å². The van der Waals surface area contributed by atoms with E-state index in [-0.39, 0.29) is 23.3 Å². The van der Waals surface area contributed by atoms with Crippen LogP contribution in [0.25, 0.3) is 0 Å². The van der Waals surface area contributed by atoms with Gasteiger partial charge >= 0.3 is 5.97 Å². The van der Waals surface area contributed by atoms with Crippen molar-refractivity contribution in [1.82, 2.24) is 0 Å². The van der Waals surface area contributed by atoms with Gasteiger partial charge in [0.1, 0.15) is 0 Å². The molecule has 0 saturated carbocycles. The molecule has 0 aromatic heterocycles. The van der Waals surface area contributed by atoms with Crippen molar-refractivity contribution in [1.29, 1.82) is 0 Å². The predicted octanol–water partition coefficient (Wildman–Crippen LogP) is 4.17. The first kappa shape index (κ1) is 18.5. The smallest absolute Gasteiger partial charge is 0.305 e. The van der Waals surface area contributed by atoms with E-state index in [1.54, 1.807) is 0 Å². The third kappa shape index (κ3) is 5.32. The summed E-state index contributed by atoms with van der Waals surface area (Å²) in [6.45, 7) is 10.9. The van der Waals surface area contributed by atoms with Crippen molar-refractivity contribution < 1.29 is 19.0 Å². The third-order valence-electron chi connectivity index (χ3n) is 5.08. The van der Waals surface area contributed by atoms with Crippen LogP contribution < -0.4 is 0 Å². The molecular weight excluding hydrogens is 292 g/mol. The number of epoxide rings is 2. The maximum Gasteiger partial charge on any atom is 0.305 e. The largest absolute Gasteiger partial charge is 0.466 e. The highest BCUT2D eigenvalue weighted by molar-refractivity contribution is 5.69. The van der Waals surface area contributed by atoms with Crippen molar-refractivity contribution in [2.75, 3.05) is 6.61 Å². The molecule has 23 heavy (non-hydrogen) atoms. The zero-order valence-electron chi connectivity index (χ0n) is 15.3. The molecule has 0 spiro atoms. The molecule has 0 N–H and O–H groups in total. The van der Waals surface area contributed by atoms with E-state index in [0.29, 0.717) is 19.1 Å². The molecule has 0 aliphatic carbocycles. The van der Waals surface area contributed by atoms with Gasteiger partial charge in [-0.3, -0.25) is 4.79 Å². The minimum absolute atomic E-state index is 0.0532. The summed E-state index contributed by atoms with van der Waals surface area (Å²) in [6.07, 6.45) is 8.27. The molecule has 2 heterocycles. The van der Waals surface area contributed by atoms with Crippen LogP contribution in [0, 0.1) is 0 Å². The van der Waals surface area contributed by atoms with Gasteiger partial charge in [-0.1, -0.05) is 11.6 Å². The summed E-state index contributed by atoms with van der Waals surface area (Å²) >= 11 is 0. The van der Waals surface area contributed by atoms with Crippen molar-refractivity contribution in [2.45, 2.75) is 96.6 Å². The lowest BCUT2D eigenvalue weighted by Crippen LogP contribution is -2.15. The molecule has 0 amide bonds. The number of rotatable bonds is 10. The van der Waals surface area contributed by atoms with Gasteiger partial charge in [0.25, 0.3) is 0 Å².